The van der Waals surface area contributed by atoms with Crippen LogP contribution in [-0.4, -0.2) is 70.3 Å². The number of aliphatic imine (C=N–C) groups is 1. The van der Waals surface area contributed by atoms with Crippen LogP contribution in [0.15, 0.2) is 47.5 Å². The van der Waals surface area contributed by atoms with Crippen molar-refractivity contribution in [3.63, 3.8) is 0 Å². The molecule has 2 aromatic rings. The highest BCUT2D eigenvalue weighted by Crippen LogP contribution is 2.24. The first-order valence-corrected chi connectivity index (χ1v) is 11.1. The van der Waals surface area contributed by atoms with Gasteiger partial charge in [-0.05, 0) is 49.3 Å². The lowest BCUT2D eigenvalue weighted by molar-refractivity contribution is 0.321. The Kier molecular flexibility index (Phi) is 11.2. The molecule has 7 nitrogen and oxygen atoms in total. The van der Waals surface area contributed by atoms with Gasteiger partial charge in [0, 0.05) is 51.9 Å². The molecule has 3 rings (SSSR count). The van der Waals surface area contributed by atoms with Crippen molar-refractivity contribution in [2.45, 2.75) is 32.1 Å². The highest BCUT2D eigenvalue weighted by Gasteiger charge is 2.23. The van der Waals surface area contributed by atoms with Gasteiger partial charge < -0.3 is 25.0 Å². The van der Waals surface area contributed by atoms with Gasteiger partial charge in [0.15, 0.2) is 5.96 Å². The number of guanidine groups is 1. The molecule has 1 aliphatic heterocycles. The first kappa shape index (κ1) is 27.2. The summed E-state index contributed by atoms with van der Waals surface area (Å²) >= 11 is 0. The monoisotopic (exact) mass is 567 g/mol. The van der Waals surface area contributed by atoms with Gasteiger partial charge in [-0.25, -0.2) is 0 Å². The van der Waals surface area contributed by atoms with Crippen LogP contribution in [0.1, 0.15) is 23.1 Å². The van der Waals surface area contributed by atoms with Crippen molar-refractivity contribution in [3.8, 4) is 11.5 Å². The second-order valence-electron chi connectivity index (χ2n) is 8.57. The average Bonchev–Trinajstić information content (AvgIpc) is 3.22. The zero-order valence-corrected chi connectivity index (χ0v) is 22.8. The minimum atomic E-state index is 0. The van der Waals surface area contributed by atoms with Crippen molar-refractivity contribution in [1.29, 1.82) is 0 Å². The molecular weight excluding hydrogens is 529 g/mol. The number of methoxy groups -OCH3 is 2. The number of nitrogens with zero attached hydrogens (tertiary/aromatic N) is 3. The van der Waals surface area contributed by atoms with E-state index in [1.807, 2.05) is 13.1 Å². The van der Waals surface area contributed by atoms with E-state index in [1.165, 1.54) is 16.7 Å². The fraction of sp³-hybridized carbons (Fsp3) is 0.480. The summed E-state index contributed by atoms with van der Waals surface area (Å²) in [5.41, 5.74) is 3.77. The van der Waals surface area contributed by atoms with E-state index in [2.05, 4.69) is 75.9 Å². The van der Waals surface area contributed by atoms with Gasteiger partial charge in [0.1, 0.15) is 11.5 Å². The fourth-order valence-corrected chi connectivity index (χ4v) is 4.09. The molecule has 0 amide bonds. The summed E-state index contributed by atoms with van der Waals surface area (Å²) in [4.78, 5) is 9.06. The minimum absolute atomic E-state index is 0. The van der Waals surface area contributed by atoms with Crippen LogP contribution in [0.3, 0.4) is 0 Å². The molecular formula is C25H38IN5O2. The van der Waals surface area contributed by atoms with E-state index >= 15 is 0 Å². The van der Waals surface area contributed by atoms with Crippen molar-refractivity contribution < 1.29 is 9.47 Å². The van der Waals surface area contributed by atoms with Crippen molar-refractivity contribution >= 4 is 29.9 Å². The first-order chi connectivity index (χ1) is 15.5. The molecule has 0 aromatic heterocycles. The standard InChI is InChI=1S/C25H37N5O2.HI/c1-26-25(27-15-19-7-6-8-20(11-19)16-29(2)3)28-22-9-10-30(18-22)17-21-12-23(31-4)14-24(13-21)32-5;/h6-8,11-14,22H,9-10,15-18H2,1-5H3,(H2,26,27,28);1H. The van der Waals surface area contributed by atoms with Crippen molar-refractivity contribution in [3.05, 3.63) is 59.2 Å². The van der Waals surface area contributed by atoms with E-state index in [0.29, 0.717) is 6.04 Å². The third kappa shape index (κ3) is 8.68. The molecule has 1 unspecified atom stereocenters. The highest BCUT2D eigenvalue weighted by molar-refractivity contribution is 14.0. The Bertz CT molecular complexity index is 884. The number of nitrogens with one attached hydrogen (secondary N) is 2. The Morgan fingerprint density at radius 3 is 2.39 bits per heavy atom. The summed E-state index contributed by atoms with van der Waals surface area (Å²) in [6.45, 7) is 4.58. The molecule has 0 aliphatic carbocycles. The maximum absolute atomic E-state index is 5.40. The predicted molar refractivity (Wildman–Crippen MR) is 146 cm³/mol. The Labute approximate surface area is 215 Å². The second kappa shape index (κ2) is 13.6. The van der Waals surface area contributed by atoms with Gasteiger partial charge in [-0.2, -0.15) is 0 Å². The van der Waals surface area contributed by atoms with E-state index in [1.54, 1.807) is 14.2 Å². The minimum Gasteiger partial charge on any atom is -0.497 e. The third-order valence-corrected chi connectivity index (χ3v) is 5.60. The zero-order chi connectivity index (χ0) is 22.9. The van der Waals surface area contributed by atoms with Crippen LogP contribution in [0.5, 0.6) is 11.5 Å². The van der Waals surface area contributed by atoms with Gasteiger partial charge in [0.05, 0.1) is 14.2 Å². The van der Waals surface area contributed by atoms with Crippen LogP contribution in [0.25, 0.3) is 0 Å². The van der Waals surface area contributed by atoms with Crippen LogP contribution in [-0.2, 0) is 19.6 Å². The van der Waals surface area contributed by atoms with Gasteiger partial charge in [-0.1, -0.05) is 24.3 Å². The number of hydrogen-bond acceptors (Lipinski definition) is 5. The lowest BCUT2D eigenvalue weighted by atomic mass is 10.1. The molecule has 0 spiro atoms. The van der Waals surface area contributed by atoms with E-state index in [0.717, 1.165) is 56.6 Å². The number of hydrogen-bond donors (Lipinski definition) is 2. The zero-order valence-electron chi connectivity index (χ0n) is 20.4. The van der Waals surface area contributed by atoms with E-state index in [4.69, 9.17) is 9.47 Å². The normalized spacial score (nSPS) is 16.4. The largest absolute Gasteiger partial charge is 0.497 e. The maximum Gasteiger partial charge on any atom is 0.191 e. The summed E-state index contributed by atoms with van der Waals surface area (Å²) in [6, 6.07) is 15.1. The van der Waals surface area contributed by atoms with Gasteiger partial charge >= 0.3 is 0 Å². The molecule has 0 radical (unpaired) electrons. The lowest BCUT2D eigenvalue weighted by Crippen LogP contribution is -2.44. The summed E-state index contributed by atoms with van der Waals surface area (Å²) < 4.78 is 10.8. The van der Waals surface area contributed by atoms with Crippen molar-refractivity contribution in [2.24, 2.45) is 4.99 Å². The molecule has 1 fully saturated rings. The Morgan fingerprint density at radius 2 is 1.76 bits per heavy atom. The smallest absolute Gasteiger partial charge is 0.191 e. The van der Waals surface area contributed by atoms with Crippen LogP contribution >= 0.6 is 24.0 Å². The van der Waals surface area contributed by atoms with Crippen molar-refractivity contribution in [2.75, 3.05) is 48.5 Å². The predicted octanol–water partition coefficient (Wildman–Crippen LogP) is 3.32. The Morgan fingerprint density at radius 1 is 1.06 bits per heavy atom. The summed E-state index contributed by atoms with van der Waals surface area (Å²) in [6.07, 6.45) is 1.08. The van der Waals surface area contributed by atoms with Gasteiger partial charge in [-0.15, -0.1) is 24.0 Å². The lowest BCUT2D eigenvalue weighted by Gasteiger charge is -2.19. The molecule has 1 heterocycles. The SMILES string of the molecule is CN=C(NCc1cccc(CN(C)C)c1)NC1CCN(Cc2cc(OC)cc(OC)c2)C1.I. The van der Waals surface area contributed by atoms with Gasteiger partial charge in [0.25, 0.3) is 0 Å². The van der Waals surface area contributed by atoms with Crippen LogP contribution < -0.4 is 20.1 Å². The summed E-state index contributed by atoms with van der Waals surface area (Å²) in [7, 11) is 9.38. The Balaban J connectivity index is 0.00000385. The number of rotatable bonds is 9. The van der Waals surface area contributed by atoms with E-state index < -0.39 is 0 Å². The highest BCUT2D eigenvalue weighted by atomic mass is 127. The molecule has 0 bridgehead atoms. The molecule has 1 atom stereocenters. The number of likely N-dealkylation sites (tertiary alicyclic amines) is 1. The number of benzene rings is 2. The Hall–Kier alpha value is -2.04. The number of halogens is 1. The molecule has 182 valence electrons. The molecule has 8 heteroatoms. The fourth-order valence-electron chi connectivity index (χ4n) is 4.09. The average molecular weight is 568 g/mol. The molecule has 2 N–H and O–H groups in total. The topological polar surface area (TPSA) is 61.4 Å². The quantitative estimate of drug-likeness (QED) is 0.276. The number of ether oxygens (including phenoxy) is 2. The molecule has 0 saturated carbocycles. The van der Waals surface area contributed by atoms with E-state index in [-0.39, 0.29) is 24.0 Å². The first-order valence-electron chi connectivity index (χ1n) is 11.1. The molecule has 33 heavy (non-hydrogen) atoms. The van der Waals surface area contributed by atoms with E-state index in [9.17, 15) is 0 Å². The third-order valence-electron chi connectivity index (χ3n) is 5.60. The molecule has 2 aromatic carbocycles. The summed E-state index contributed by atoms with van der Waals surface area (Å²) in [5, 5.41) is 7.04. The van der Waals surface area contributed by atoms with Crippen LogP contribution in [0.4, 0.5) is 0 Å². The van der Waals surface area contributed by atoms with Crippen molar-refractivity contribution in [1.82, 2.24) is 20.4 Å². The van der Waals surface area contributed by atoms with Gasteiger partial charge in [0.2, 0.25) is 0 Å². The summed E-state index contributed by atoms with van der Waals surface area (Å²) in [5.74, 6) is 2.50. The maximum atomic E-state index is 5.40. The molecule has 1 saturated heterocycles. The molecule has 1 aliphatic rings. The second-order valence-corrected chi connectivity index (χ2v) is 8.57. The van der Waals surface area contributed by atoms with Crippen LogP contribution in [0, 0.1) is 0 Å². The van der Waals surface area contributed by atoms with Gasteiger partial charge in [-0.3, -0.25) is 9.89 Å². The van der Waals surface area contributed by atoms with Crippen LogP contribution in [0.2, 0.25) is 0 Å².